The van der Waals surface area contributed by atoms with Crippen molar-refractivity contribution in [2.45, 2.75) is 10.9 Å². The zero-order chi connectivity index (χ0) is 23.6. The van der Waals surface area contributed by atoms with E-state index in [0.717, 1.165) is 17.7 Å². The Morgan fingerprint density at radius 1 is 1.15 bits per heavy atom. The van der Waals surface area contributed by atoms with Gasteiger partial charge < -0.3 is 14.8 Å². The molecule has 1 heterocycles. The van der Waals surface area contributed by atoms with E-state index >= 15 is 0 Å². The molecule has 0 fully saturated rings. The monoisotopic (exact) mass is 469 g/mol. The second-order valence-electron chi connectivity index (χ2n) is 7.15. The van der Waals surface area contributed by atoms with Gasteiger partial charge in [0.25, 0.3) is 21.6 Å². The van der Waals surface area contributed by atoms with Crippen LogP contribution in [0.15, 0.2) is 71.6 Å². The minimum Gasteiger partial charge on any atom is -0.497 e. The molecule has 3 aromatic rings. The number of sulfonamides is 1. The topological polar surface area (TPSA) is 137 Å². The van der Waals surface area contributed by atoms with Crippen molar-refractivity contribution < 1.29 is 27.6 Å². The van der Waals surface area contributed by atoms with Crippen LogP contribution in [0.25, 0.3) is 0 Å². The van der Waals surface area contributed by atoms with Gasteiger partial charge in [0.2, 0.25) is 0 Å². The van der Waals surface area contributed by atoms with E-state index in [2.05, 4.69) is 5.32 Å². The minimum atomic E-state index is -4.40. The second kappa shape index (κ2) is 8.79. The Bertz CT molecular complexity index is 1310. The normalized spacial score (nSPS) is 14.9. The fraction of sp³-hybridized carbons (Fsp3) is 0.136. The summed E-state index contributed by atoms with van der Waals surface area (Å²) in [5.74, 6) is -0.189. The summed E-state index contributed by atoms with van der Waals surface area (Å²) < 4.78 is 38.3. The first-order chi connectivity index (χ1) is 15.8. The van der Waals surface area contributed by atoms with Crippen LogP contribution in [0.5, 0.6) is 11.5 Å². The summed E-state index contributed by atoms with van der Waals surface area (Å²) in [5.41, 5.74) is 0.509. The van der Waals surface area contributed by atoms with E-state index in [0.29, 0.717) is 5.75 Å². The van der Waals surface area contributed by atoms with E-state index in [1.165, 1.54) is 12.1 Å². The van der Waals surface area contributed by atoms with Crippen molar-refractivity contribution in [1.29, 1.82) is 0 Å². The molecule has 1 atom stereocenters. The molecule has 1 aliphatic heterocycles. The third-order valence-electron chi connectivity index (χ3n) is 5.07. The number of rotatable bonds is 6. The number of amides is 1. The number of methoxy groups -OCH3 is 1. The average Bonchev–Trinajstić information content (AvgIpc) is 2.83. The number of hydrogen-bond donors (Lipinski definition) is 2. The molecule has 0 bridgehead atoms. The summed E-state index contributed by atoms with van der Waals surface area (Å²) >= 11 is 0. The van der Waals surface area contributed by atoms with E-state index in [-0.39, 0.29) is 23.6 Å². The number of carbonyl (C=O) groups is 1. The quantitative estimate of drug-likeness (QED) is 0.415. The van der Waals surface area contributed by atoms with Crippen molar-refractivity contribution in [3.63, 3.8) is 0 Å². The molecule has 1 amide bonds. The van der Waals surface area contributed by atoms with Crippen molar-refractivity contribution in [3.8, 4) is 11.5 Å². The minimum absolute atomic E-state index is 0.00139. The zero-order valence-electron chi connectivity index (χ0n) is 17.3. The molecule has 170 valence electrons. The molecule has 0 aromatic heterocycles. The highest BCUT2D eigenvalue weighted by atomic mass is 32.2. The number of anilines is 1. The van der Waals surface area contributed by atoms with Crippen molar-refractivity contribution in [2.24, 2.45) is 0 Å². The third-order valence-corrected chi connectivity index (χ3v) is 6.38. The Kier molecular flexibility index (Phi) is 5.88. The van der Waals surface area contributed by atoms with Crippen LogP contribution in [-0.4, -0.2) is 33.0 Å². The largest absolute Gasteiger partial charge is 0.497 e. The number of hydrogen-bond acceptors (Lipinski definition) is 8. The Balaban J connectivity index is 1.65. The maximum Gasteiger partial charge on any atom is 0.297 e. The number of nitro groups is 1. The lowest BCUT2D eigenvalue weighted by Gasteiger charge is -2.28. The number of nitro benzene ring substituents is 1. The molecular formula is C22H19N3O7S. The van der Waals surface area contributed by atoms with Crippen LogP contribution in [0.3, 0.4) is 0 Å². The molecule has 0 unspecified atom stereocenters. The van der Waals surface area contributed by atoms with E-state index in [1.54, 1.807) is 49.6 Å². The van der Waals surface area contributed by atoms with Crippen LogP contribution in [-0.2, 0) is 10.0 Å². The predicted octanol–water partition coefficient (Wildman–Crippen LogP) is 3.27. The van der Waals surface area contributed by atoms with Gasteiger partial charge in [-0.1, -0.05) is 30.3 Å². The smallest absolute Gasteiger partial charge is 0.297 e. The van der Waals surface area contributed by atoms with Gasteiger partial charge in [-0.05, 0) is 29.8 Å². The number of ether oxygens (including phenoxy) is 2. The van der Waals surface area contributed by atoms with Crippen molar-refractivity contribution >= 4 is 27.3 Å². The summed E-state index contributed by atoms with van der Waals surface area (Å²) in [4.78, 5) is 22.9. The summed E-state index contributed by atoms with van der Waals surface area (Å²) in [6.07, 6.45) is 0. The molecule has 11 heteroatoms. The highest BCUT2D eigenvalue weighted by Gasteiger charge is 2.32. The van der Waals surface area contributed by atoms with Gasteiger partial charge in [-0.15, -0.1) is 0 Å². The molecule has 4 rings (SSSR count). The van der Waals surface area contributed by atoms with Gasteiger partial charge in [-0.25, -0.2) is 13.1 Å². The second-order valence-corrected chi connectivity index (χ2v) is 8.84. The van der Waals surface area contributed by atoms with E-state index < -0.39 is 37.5 Å². The Hall–Kier alpha value is -4.12. The molecule has 0 spiro atoms. The summed E-state index contributed by atoms with van der Waals surface area (Å²) in [6, 6.07) is 16.5. The number of carbonyl (C=O) groups excluding carboxylic acids is 1. The first kappa shape index (κ1) is 22.1. The van der Waals surface area contributed by atoms with Crippen molar-refractivity contribution in [3.05, 3.63) is 88.0 Å². The molecular weight excluding hydrogens is 450 g/mol. The van der Waals surface area contributed by atoms with Gasteiger partial charge in [0.15, 0.2) is 11.4 Å². The van der Waals surface area contributed by atoms with E-state index in [4.69, 9.17) is 9.47 Å². The van der Waals surface area contributed by atoms with E-state index in [1.807, 2.05) is 4.72 Å². The number of nitrogens with zero attached hydrogens (tertiary/aromatic N) is 1. The van der Waals surface area contributed by atoms with Crippen molar-refractivity contribution in [1.82, 2.24) is 4.72 Å². The van der Waals surface area contributed by atoms with Gasteiger partial charge in [-0.3, -0.25) is 14.9 Å². The molecule has 0 saturated heterocycles. The predicted molar refractivity (Wildman–Crippen MR) is 119 cm³/mol. The van der Waals surface area contributed by atoms with Gasteiger partial charge in [0.05, 0.1) is 23.0 Å². The number of nitrogens with one attached hydrogen (secondary N) is 2. The van der Waals surface area contributed by atoms with Crippen LogP contribution in [0.1, 0.15) is 22.0 Å². The van der Waals surface area contributed by atoms with E-state index in [9.17, 15) is 23.3 Å². The van der Waals surface area contributed by atoms with Crippen LogP contribution < -0.4 is 19.5 Å². The molecule has 3 aromatic carbocycles. The van der Waals surface area contributed by atoms with Crippen LogP contribution in [0.4, 0.5) is 11.4 Å². The zero-order valence-corrected chi connectivity index (χ0v) is 18.2. The fourth-order valence-electron chi connectivity index (χ4n) is 3.37. The lowest BCUT2D eigenvalue weighted by molar-refractivity contribution is -0.384. The molecule has 2 N–H and O–H groups in total. The highest BCUT2D eigenvalue weighted by Crippen LogP contribution is 2.42. The molecule has 0 aliphatic carbocycles. The number of benzene rings is 3. The molecule has 0 saturated carbocycles. The molecule has 33 heavy (non-hydrogen) atoms. The summed E-state index contributed by atoms with van der Waals surface area (Å²) in [6.45, 7) is 0.107. The molecule has 0 radical (unpaired) electrons. The first-order valence-corrected chi connectivity index (χ1v) is 11.2. The third kappa shape index (κ3) is 4.58. The van der Waals surface area contributed by atoms with Crippen molar-refractivity contribution in [2.75, 3.05) is 19.0 Å². The Morgan fingerprint density at radius 2 is 1.85 bits per heavy atom. The lowest BCUT2D eigenvalue weighted by Crippen LogP contribution is -2.31. The van der Waals surface area contributed by atoms with Gasteiger partial charge in [-0.2, -0.15) is 0 Å². The SMILES string of the molecule is COc1ccc([C@H]2COc3cc(S(=O)(=O)NC(=O)c4ccccc4)cc([N+](=O)[O-])c3N2)cc1. The van der Waals surface area contributed by atoms with Crippen LogP contribution in [0.2, 0.25) is 0 Å². The first-order valence-electron chi connectivity index (χ1n) is 9.76. The maximum atomic E-state index is 12.8. The molecule has 1 aliphatic rings. The fourth-order valence-corrected chi connectivity index (χ4v) is 4.38. The lowest BCUT2D eigenvalue weighted by atomic mass is 10.1. The highest BCUT2D eigenvalue weighted by molar-refractivity contribution is 7.90. The van der Waals surface area contributed by atoms with Crippen LogP contribution in [0, 0.1) is 10.1 Å². The van der Waals surface area contributed by atoms with Crippen LogP contribution >= 0.6 is 0 Å². The van der Waals surface area contributed by atoms with Gasteiger partial charge >= 0.3 is 0 Å². The maximum absolute atomic E-state index is 12.8. The summed E-state index contributed by atoms with van der Waals surface area (Å²) in [5, 5.41) is 14.8. The standard InChI is InChI=1S/C22H19N3O7S/c1-31-16-9-7-14(8-10-16)18-13-32-20-12-17(11-19(25(27)28)21(20)23-18)33(29,30)24-22(26)15-5-3-2-4-6-15/h2-12,18,23H,13H2,1H3,(H,24,26)/t18-/m1/s1. The Labute approximate surface area is 189 Å². The average molecular weight is 469 g/mol. The summed E-state index contributed by atoms with van der Waals surface area (Å²) in [7, 11) is -2.85. The Morgan fingerprint density at radius 3 is 2.48 bits per heavy atom. The number of fused-ring (bicyclic) bond motifs is 1. The van der Waals surface area contributed by atoms with Gasteiger partial charge in [0.1, 0.15) is 12.4 Å². The molecule has 10 nitrogen and oxygen atoms in total. The van der Waals surface area contributed by atoms with Gasteiger partial charge in [0, 0.05) is 17.7 Å².